The molecule has 6 rings (SSSR count). The number of nitrogens with zero attached hydrogens (tertiary/aromatic N) is 7. The van der Waals surface area contributed by atoms with E-state index in [2.05, 4.69) is 29.4 Å². The molecule has 3 heterocycles. The number of fused-ring (bicyclic) bond motifs is 1. The predicted molar refractivity (Wildman–Crippen MR) is 146 cm³/mol. The van der Waals surface area contributed by atoms with Gasteiger partial charge in [0.1, 0.15) is 0 Å². The average Bonchev–Trinajstić information content (AvgIpc) is 3.72. The van der Waals surface area contributed by atoms with Crippen molar-refractivity contribution in [3.63, 3.8) is 0 Å². The van der Waals surface area contributed by atoms with Crippen LogP contribution in [0.15, 0.2) is 80.7 Å². The standard InChI is InChI=1S/C29H21N7O7.K/c1-2-40-28-31-22-9-5-8-21(27(37)41-16-23-24(14-30)36(39)43-33-23)25(22)35(28)15-17-10-12-18(13-11-17)19-6-3-4-7-20(19)26-32-29(38)42-34-26;/h3-13H,2,15-16H2,1H3,(H,32,34,38);/q;+1/p-1. The van der Waals surface area contributed by atoms with Gasteiger partial charge in [-0.15, -0.1) is 0 Å². The molecule has 0 aliphatic carbocycles. The Hall–Kier alpha value is -4.59. The Bertz CT molecular complexity index is 2050. The molecule has 214 valence electrons. The van der Waals surface area contributed by atoms with Crippen molar-refractivity contribution in [3.8, 4) is 34.6 Å². The van der Waals surface area contributed by atoms with Gasteiger partial charge >= 0.3 is 68.8 Å². The largest absolute Gasteiger partial charge is 1.00 e. The molecule has 0 aliphatic rings. The molecular weight excluding hydrogens is 597 g/mol. The quantitative estimate of drug-likeness (QED) is 0.120. The maximum absolute atomic E-state index is 13.2. The third-order valence-electron chi connectivity index (χ3n) is 6.53. The summed E-state index contributed by atoms with van der Waals surface area (Å²) in [5.41, 5.74) is 3.92. The SMILES string of the molecule is CCOc1nc2cccc(C(=O)OCc3no[n+]([O-])c3C#N)c2n1Cc1ccc(-c2ccccc2-c2noc(=O)[n-]2)cc1.[K+]. The minimum Gasteiger partial charge on any atom is -0.465 e. The van der Waals surface area contributed by atoms with E-state index in [4.69, 9.17) is 14.7 Å². The van der Waals surface area contributed by atoms with Crippen molar-refractivity contribution >= 4 is 17.0 Å². The van der Waals surface area contributed by atoms with Crippen molar-refractivity contribution in [3.05, 3.63) is 105 Å². The molecule has 0 radical (unpaired) electrons. The van der Waals surface area contributed by atoms with Gasteiger partial charge in [-0.1, -0.05) is 54.6 Å². The Balaban J connectivity index is 0.00000384. The molecule has 3 aromatic heterocycles. The second-order valence-electron chi connectivity index (χ2n) is 9.13. The smallest absolute Gasteiger partial charge is 0.465 e. The molecule has 0 aliphatic heterocycles. The molecule has 0 amide bonds. The van der Waals surface area contributed by atoms with E-state index in [1.54, 1.807) is 28.8 Å². The molecule has 0 bridgehead atoms. The Morgan fingerprint density at radius 3 is 2.57 bits per heavy atom. The third-order valence-corrected chi connectivity index (χ3v) is 6.53. The number of esters is 1. The number of carbonyl (C=O) groups excluding carboxylic acids is 1. The van der Waals surface area contributed by atoms with Crippen molar-refractivity contribution in [2.24, 2.45) is 0 Å². The van der Waals surface area contributed by atoms with E-state index in [1.165, 1.54) is 0 Å². The summed E-state index contributed by atoms with van der Waals surface area (Å²) in [6.07, 6.45) is 0. The van der Waals surface area contributed by atoms with Crippen LogP contribution in [0.1, 0.15) is 34.2 Å². The molecule has 0 saturated carbocycles. The monoisotopic (exact) mass is 617 g/mol. The van der Waals surface area contributed by atoms with Crippen LogP contribution in [0.3, 0.4) is 0 Å². The normalized spacial score (nSPS) is 10.7. The molecular formula is C29H20KN7O7. The fraction of sp³-hybridized carbons (Fsp3) is 0.138. The summed E-state index contributed by atoms with van der Waals surface area (Å²) in [5.74, 6) is -1.27. The molecule has 15 heteroatoms. The molecule has 3 aromatic carbocycles. The Labute approximate surface area is 290 Å². The van der Waals surface area contributed by atoms with E-state index in [-0.39, 0.29) is 73.4 Å². The number of benzene rings is 3. The summed E-state index contributed by atoms with van der Waals surface area (Å²) in [4.78, 5) is 33.0. The van der Waals surface area contributed by atoms with Gasteiger partial charge in [-0.3, -0.25) is 14.4 Å². The van der Waals surface area contributed by atoms with Crippen LogP contribution in [-0.4, -0.2) is 32.4 Å². The van der Waals surface area contributed by atoms with Gasteiger partial charge < -0.3 is 24.2 Å². The molecule has 0 spiro atoms. The molecule has 0 N–H and O–H groups in total. The molecule has 14 nitrogen and oxygen atoms in total. The van der Waals surface area contributed by atoms with Gasteiger partial charge in [0, 0.05) is 5.16 Å². The first-order valence-electron chi connectivity index (χ1n) is 12.9. The van der Waals surface area contributed by atoms with Crippen LogP contribution in [0.5, 0.6) is 6.01 Å². The number of hydrogen-bond donors (Lipinski definition) is 0. The Morgan fingerprint density at radius 2 is 1.86 bits per heavy atom. The fourth-order valence-electron chi connectivity index (χ4n) is 4.62. The summed E-state index contributed by atoms with van der Waals surface area (Å²) < 4.78 is 22.0. The fourth-order valence-corrected chi connectivity index (χ4v) is 4.62. The molecule has 0 fully saturated rings. The van der Waals surface area contributed by atoms with Gasteiger partial charge in [0.15, 0.2) is 12.7 Å². The average molecular weight is 618 g/mol. The first kappa shape index (κ1) is 30.9. The number of para-hydroxylation sites is 1. The third kappa shape index (κ3) is 6.07. The van der Waals surface area contributed by atoms with Gasteiger partial charge in [0.2, 0.25) is 0 Å². The molecule has 6 aromatic rings. The van der Waals surface area contributed by atoms with E-state index < -0.39 is 24.0 Å². The van der Waals surface area contributed by atoms with Crippen molar-refractivity contribution in [2.75, 3.05) is 6.61 Å². The summed E-state index contributed by atoms with van der Waals surface area (Å²) in [6.45, 7) is 2.04. The van der Waals surface area contributed by atoms with Crippen molar-refractivity contribution < 1.29 is 79.7 Å². The van der Waals surface area contributed by atoms with Gasteiger partial charge in [0.05, 0.1) is 29.7 Å². The van der Waals surface area contributed by atoms with E-state index >= 15 is 0 Å². The van der Waals surface area contributed by atoms with Crippen molar-refractivity contribution in [1.82, 2.24) is 24.8 Å². The van der Waals surface area contributed by atoms with E-state index in [1.807, 2.05) is 55.5 Å². The number of ether oxygens (including phenoxy) is 2. The first-order valence-corrected chi connectivity index (χ1v) is 12.9. The number of aromatic nitrogens is 6. The topological polar surface area (TPSA) is 187 Å². The van der Waals surface area contributed by atoms with Crippen LogP contribution in [0.2, 0.25) is 0 Å². The van der Waals surface area contributed by atoms with E-state index in [0.29, 0.717) is 35.8 Å². The zero-order chi connectivity index (χ0) is 29.9. The van der Waals surface area contributed by atoms with Crippen LogP contribution in [0, 0.1) is 16.5 Å². The Kier molecular flexibility index (Phi) is 9.37. The number of rotatable bonds is 9. The molecule has 0 atom stereocenters. The van der Waals surface area contributed by atoms with Crippen LogP contribution in [0.4, 0.5) is 0 Å². The van der Waals surface area contributed by atoms with Crippen molar-refractivity contribution in [2.45, 2.75) is 20.1 Å². The Morgan fingerprint density at radius 1 is 1.09 bits per heavy atom. The van der Waals surface area contributed by atoms with Crippen LogP contribution in [0.25, 0.3) is 33.5 Å². The van der Waals surface area contributed by atoms with Gasteiger partial charge in [-0.25, -0.2) is 9.59 Å². The number of imidazole rings is 1. The first-order chi connectivity index (χ1) is 21.0. The van der Waals surface area contributed by atoms with Crippen LogP contribution in [-0.2, 0) is 17.9 Å². The molecule has 0 unspecified atom stereocenters. The van der Waals surface area contributed by atoms with E-state index in [9.17, 15) is 14.8 Å². The maximum atomic E-state index is 13.2. The summed E-state index contributed by atoms with van der Waals surface area (Å²) in [7, 11) is 0. The predicted octanol–water partition coefficient (Wildman–Crippen LogP) is -0.0232. The number of hydrogen-bond acceptors (Lipinski definition) is 11. The second kappa shape index (κ2) is 13.4. The van der Waals surface area contributed by atoms with Gasteiger partial charge in [0.25, 0.3) is 11.7 Å². The van der Waals surface area contributed by atoms with Gasteiger partial charge in [-0.2, -0.15) is 10.2 Å². The van der Waals surface area contributed by atoms with Crippen LogP contribution < -0.4 is 71.8 Å². The maximum Gasteiger partial charge on any atom is 1.00 e. The van der Waals surface area contributed by atoms with Crippen molar-refractivity contribution in [1.29, 1.82) is 5.26 Å². The minimum atomic E-state index is -0.762. The minimum absolute atomic E-state index is 0. The molecule has 44 heavy (non-hydrogen) atoms. The second-order valence-corrected chi connectivity index (χ2v) is 9.13. The summed E-state index contributed by atoms with van der Waals surface area (Å²) in [6, 6.07) is 22.1. The zero-order valence-corrected chi connectivity index (χ0v) is 26.6. The number of nitriles is 1. The van der Waals surface area contributed by atoms with Gasteiger partial charge in [-0.05, 0) is 52.0 Å². The van der Waals surface area contributed by atoms with Crippen LogP contribution >= 0.6 is 0 Å². The zero-order valence-electron chi connectivity index (χ0n) is 23.5. The van der Waals surface area contributed by atoms with E-state index in [0.717, 1.165) is 16.7 Å². The number of carbonyl (C=O) groups is 1. The molecule has 0 saturated heterocycles. The summed E-state index contributed by atoms with van der Waals surface area (Å²) >= 11 is 0. The summed E-state index contributed by atoms with van der Waals surface area (Å²) in [5, 5.41) is 27.9.